The van der Waals surface area contributed by atoms with Gasteiger partial charge in [-0.3, -0.25) is 4.79 Å². The van der Waals surface area contributed by atoms with E-state index in [-0.39, 0.29) is 18.4 Å². The van der Waals surface area contributed by atoms with Crippen molar-refractivity contribution < 1.29 is 22.7 Å². The van der Waals surface area contributed by atoms with Crippen molar-refractivity contribution in [3.05, 3.63) is 58.7 Å². The van der Waals surface area contributed by atoms with Crippen LogP contribution < -0.4 is 9.47 Å². The molecule has 0 saturated heterocycles. The van der Waals surface area contributed by atoms with Gasteiger partial charge in [-0.15, -0.1) is 0 Å². The third-order valence-corrected chi connectivity index (χ3v) is 6.48. The average molecular weight is 387 g/mol. The summed E-state index contributed by atoms with van der Waals surface area (Å²) >= 11 is 0. The number of nitrogens with zero attached hydrogens (tertiary/aromatic N) is 1. The van der Waals surface area contributed by atoms with E-state index in [0.717, 1.165) is 22.0 Å². The van der Waals surface area contributed by atoms with Gasteiger partial charge in [0.25, 0.3) is 5.91 Å². The standard InChI is InChI=1S/C20H21NO5S/c1-3-25-18-9-15-8-13(2)26-19(15)10-16(18)11-21-20(22)17-7-5-4-6-14(17)12-27(21,23)24/h4-7,9-10,13H,3,8,11-12H2,1-2H3/t13-/m1/s1. The zero-order chi connectivity index (χ0) is 19.2. The molecule has 4 rings (SSSR count). The number of sulfonamides is 1. The fourth-order valence-corrected chi connectivity index (χ4v) is 5.10. The maximum atomic E-state index is 12.9. The van der Waals surface area contributed by atoms with Crippen molar-refractivity contribution >= 4 is 15.9 Å². The Morgan fingerprint density at radius 2 is 2.00 bits per heavy atom. The lowest BCUT2D eigenvalue weighted by atomic mass is 10.1. The molecule has 2 aromatic carbocycles. The molecule has 0 radical (unpaired) electrons. The molecule has 27 heavy (non-hydrogen) atoms. The molecule has 0 saturated carbocycles. The summed E-state index contributed by atoms with van der Waals surface area (Å²) < 4.78 is 38.0. The molecule has 1 amide bonds. The summed E-state index contributed by atoms with van der Waals surface area (Å²) in [4.78, 5) is 12.9. The van der Waals surface area contributed by atoms with Crippen molar-refractivity contribution in [3.63, 3.8) is 0 Å². The van der Waals surface area contributed by atoms with Crippen LogP contribution in [0.4, 0.5) is 0 Å². The maximum absolute atomic E-state index is 12.9. The van der Waals surface area contributed by atoms with Crippen LogP contribution in [-0.4, -0.2) is 31.3 Å². The summed E-state index contributed by atoms with van der Waals surface area (Å²) in [6.45, 7) is 4.23. The Labute approximate surface area is 158 Å². The zero-order valence-electron chi connectivity index (χ0n) is 15.3. The van der Waals surface area contributed by atoms with E-state index in [2.05, 4.69) is 0 Å². The van der Waals surface area contributed by atoms with Crippen LogP contribution in [0.25, 0.3) is 0 Å². The largest absolute Gasteiger partial charge is 0.494 e. The second kappa shape index (κ2) is 6.56. The topological polar surface area (TPSA) is 72.9 Å². The highest BCUT2D eigenvalue weighted by molar-refractivity contribution is 7.89. The lowest BCUT2D eigenvalue weighted by Gasteiger charge is -2.28. The molecule has 1 atom stereocenters. The zero-order valence-corrected chi connectivity index (χ0v) is 16.1. The molecule has 0 spiro atoms. The summed E-state index contributed by atoms with van der Waals surface area (Å²) in [7, 11) is -3.75. The molecule has 2 aromatic rings. The van der Waals surface area contributed by atoms with Gasteiger partial charge in [-0.05, 0) is 37.6 Å². The number of amides is 1. The number of fused-ring (bicyclic) bond motifs is 2. The predicted octanol–water partition coefficient (Wildman–Crippen LogP) is 2.89. The molecular formula is C20H21NO5S. The van der Waals surface area contributed by atoms with Crippen LogP contribution in [0, 0.1) is 0 Å². The number of carbonyl (C=O) groups is 1. The van der Waals surface area contributed by atoms with Crippen LogP contribution in [0.5, 0.6) is 11.5 Å². The highest BCUT2D eigenvalue weighted by atomic mass is 32.2. The quantitative estimate of drug-likeness (QED) is 0.807. The lowest BCUT2D eigenvalue weighted by molar-refractivity contribution is 0.0848. The van der Waals surface area contributed by atoms with Gasteiger partial charge < -0.3 is 9.47 Å². The minimum absolute atomic E-state index is 0.0666. The molecule has 2 aliphatic rings. The van der Waals surface area contributed by atoms with Crippen LogP contribution in [0.1, 0.15) is 40.9 Å². The maximum Gasteiger partial charge on any atom is 0.267 e. The molecule has 2 heterocycles. The van der Waals surface area contributed by atoms with Crippen molar-refractivity contribution in [2.75, 3.05) is 6.61 Å². The van der Waals surface area contributed by atoms with Crippen LogP contribution in [0.15, 0.2) is 36.4 Å². The average Bonchev–Trinajstić information content (AvgIpc) is 2.97. The fourth-order valence-electron chi connectivity index (χ4n) is 3.61. The Morgan fingerprint density at radius 1 is 1.22 bits per heavy atom. The Kier molecular flexibility index (Phi) is 4.34. The highest BCUT2D eigenvalue weighted by Gasteiger charge is 2.36. The van der Waals surface area contributed by atoms with Gasteiger partial charge >= 0.3 is 0 Å². The van der Waals surface area contributed by atoms with E-state index in [1.54, 1.807) is 30.3 Å². The molecule has 0 fully saturated rings. The lowest BCUT2D eigenvalue weighted by Crippen LogP contribution is -2.41. The predicted molar refractivity (Wildman–Crippen MR) is 100 cm³/mol. The van der Waals surface area contributed by atoms with Gasteiger partial charge in [0, 0.05) is 23.1 Å². The minimum atomic E-state index is -3.75. The number of hydrogen-bond donors (Lipinski definition) is 0. The SMILES string of the molecule is CCOc1cc2c(cc1CN1C(=O)c3ccccc3CS1(=O)=O)O[C@H](C)C2. The molecule has 7 heteroatoms. The summed E-state index contributed by atoms with van der Waals surface area (Å²) in [5.41, 5.74) is 2.63. The van der Waals surface area contributed by atoms with E-state index in [0.29, 0.717) is 29.0 Å². The second-order valence-electron chi connectivity index (χ2n) is 6.86. The first-order valence-corrected chi connectivity index (χ1v) is 10.6. The first-order valence-electron chi connectivity index (χ1n) is 8.97. The monoisotopic (exact) mass is 387 g/mol. The first-order chi connectivity index (χ1) is 12.9. The summed E-state index contributed by atoms with van der Waals surface area (Å²) in [6, 6.07) is 10.5. The van der Waals surface area contributed by atoms with Gasteiger partial charge in [-0.1, -0.05) is 18.2 Å². The van der Waals surface area contributed by atoms with E-state index >= 15 is 0 Å². The number of ether oxygens (including phenoxy) is 2. The molecule has 142 valence electrons. The van der Waals surface area contributed by atoms with Crippen LogP contribution in [0.2, 0.25) is 0 Å². The van der Waals surface area contributed by atoms with Crippen molar-refractivity contribution in [1.82, 2.24) is 4.31 Å². The van der Waals surface area contributed by atoms with E-state index in [1.807, 2.05) is 19.9 Å². The molecule has 0 aromatic heterocycles. The third-order valence-electron chi connectivity index (χ3n) is 4.84. The van der Waals surface area contributed by atoms with Crippen molar-refractivity contribution in [2.45, 2.75) is 38.7 Å². The first kappa shape index (κ1) is 17.9. The van der Waals surface area contributed by atoms with Gasteiger partial charge in [0.2, 0.25) is 10.0 Å². The third kappa shape index (κ3) is 3.16. The molecular weight excluding hydrogens is 366 g/mol. The summed E-state index contributed by atoms with van der Waals surface area (Å²) in [6.07, 6.45) is 0.848. The molecule has 0 aliphatic carbocycles. The molecule has 0 bridgehead atoms. The summed E-state index contributed by atoms with van der Waals surface area (Å²) in [5.74, 6) is 0.630. The minimum Gasteiger partial charge on any atom is -0.494 e. The van der Waals surface area contributed by atoms with Crippen LogP contribution >= 0.6 is 0 Å². The van der Waals surface area contributed by atoms with Gasteiger partial charge in [0.15, 0.2) is 0 Å². The summed E-state index contributed by atoms with van der Waals surface area (Å²) in [5, 5.41) is 0. The number of hydrogen-bond acceptors (Lipinski definition) is 5. The van der Waals surface area contributed by atoms with Gasteiger partial charge in [0.1, 0.15) is 17.6 Å². The van der Waals surface area contributed by atoms with Crippen LogP contribution in [-0.2, 0) is 28.7 Å². The van der Waals surface area contributed by atoms with Gasteiger partial charge in [-0.25, -0.2) is 12.7 Å². The Balaban J connectivity index is 1.73. The van der Waals surface area contributed by atoms with Gasteiger partial charge in [0.05, 0.1) is 18.9 Å². The van der Waals surface area contributed by atoms with Crippen LogP contribution in [0.3, 0.4) is 0 Å². The fraction of sp³-hybridized carbons (Fsp3) is 0.350. The number of rotatable bonds is 4. The van der Waals surface area contributed by atoms with E-state index in [1.165, 1.54) is 0 Å². The molecule has 0 unspecified atom stereocenters. The molecule has 2 aliphatic heterocycles. The Bertz CT molecular complexity index is 1020. The van der Waals surface area contributed by atoms with E-state index in [9.17, 15) is 13.2 Å². The van der Waals surface area contributed by atoms with Gasteiger partial charge in [-0.2, -0.15) is 0 Å². The molecule has 6 nitrogen and oxygen atoms in total. The van der Waals surface area contributed by atoms with Crippen molar-refractivity contribution in [2.24, 2.45) is 0 Å². The normalized spacial score (nSPS) is 20.0. The molecule has 0 N–H and O–H groups in total. The number of carbonyl (C=O) groups excluding carboxylic acids is 1. The Hall–Kier alpha value is -2.54. The second-order valence-corrected chi connectivity index (χ2v) is 8.75. The highest BCUT2D eigenvalue weighted by Crippen LogP contribution is 2.37. The smallest absolute Gasteiger partial charge is 0.267 e. The van der Waals surface area contributed by atoms with Crippen molar-refractivity contribution in [3.8, 4) is 11.5 Å². The van der Waals surface area contributed by atoms with Crippen molar-refractivity contribution in [1.29, 1.82) is 0 Å². The van der Waals surface area contributed by atoms with E-state index in [4.69, 9.17) is 9.47 Å². The number of benzene rings is 2. The Morgan fingerprint density at radius 3 is 2.78 bits per heavy atom. The van der Waals surface area contributed by atoms with E-state index < -0.39 is 15.9 Å².